The summed E-state index contributed by atoms with van der Waals surface area (Å²) >= 11 is 6.54. The van der Waals surface area contributed by atoms with Crippen LogP contribution in [0.1, 0.15) is 43.6 Å². The molecule has 0 aliphatic heterocycles. The van der Waals surface area contributed by atoms with E-state index in [1.807, 2.05) is 60.0 Å². The van der Waals surface area contributed by atoms with Crippen LogP contribution < -0.4 is 0 Å². The van der Waals surface area contributed by atoms with Gasteiger partial charge in [-0.05, 0) is 61.4 Å². The van der Waals surface area contributed by atoms with Gasteiger partial charge in [0, 0.05) is 27.4 Å². The fourth-order valence-electron chi connectivity index (χ4n) is 4.25. The van der Waals surface area contributed by atoms with Crippen LogP contribution in [0.5, 0.6) is 0 Å². The molecule has 0 N–H and O–H groups in total. The molecule has 0 spiro atoms. The van der Waals surface area contributed by atoms with Gasteiger partial charge in [0.25, 0.3) is 0 Å². The van der Waals surface area contributed by atoms with Gasteiger partial charge in [0.15, 0.2) is 0 Å². The Balaban J connectivity index is 1.67. The summed E-state index contributed by atoms with van der Waals surface area (Å²) in [6, 6.07) is 21.5. The molecule has 5 aromatic rings. The Morgan fingerprint density at radius 3 is 2.57 bits per heavy atom. The minimum Gasteiger partial charge on any atom is -0.462 e. The quantitative estimate of drug-likeness (QED) is 0.103. The van der Waals surface area contributed by atoms with E-state index >= 15 is 0 Å². The van der Waals surface area contributed by atoms with Gasteiger partial charge in [-0.2, -0.15) is 0 Å². The minimum atomic E-state index is -0.413. The largest absolute Gasteiger partial charge is 0.462 e. The van der Waals surface area contributed by atoms with Crippen LogP contribution in [-0.2, 0) is 4.74 Å². The zero-order valence-electron chi connectivity index (χ0n) is 20.4. The normalized spacial score (nSPS) is 11.5. The molecule has 0 atom stereocenters. The van der Waals surface area contributed by atoms with E-state index in [0.717, 1.165) is 36.6 Å². The maximum atomic E-state index is 13.8. The molecule has 5 rings (SSSR count). The molecular formula is C30H24BrNO3S2. The van der Waals surface area contributed by atoms with E-state index in [1.54, 1.807) is 30.8 Å². The van der Waals surface area contributed by atoms with Crippen LogP contribution in [0.15, 0.2) is 87.7 Å². The lowest BCUT2D eigenvalue weighted by Crippen LogP contribution is -2.06. The van der Waals surface area contributed by atoms with Gasteiger partial charge in [-0.3, -0.25) is 4.79 Å². The molecule has 0 radical (unpaired) electrons. The highest BCUT2D eigenvalue weighted by molar-refractivity contribution is 9.10. The molecule has 0 bridgehead atoms. The summed E-state index contributed by atoms with van der Waals surface area (Å²) in [6.07, 6.45) is 6.18. The van der Waals surface area contributed by atoms with Crippen LogP contribution in [0.3, 0.4) is 0 Å². The number of thiophene rings is 1. The zero-order valence-corrected chi connectivity index (χ0v) is 23.6. The van der Waals surface area contributed by atoms with Crippen molar-refractivity contribution in [2.75, 3.05) is 12.4 Å². The number of thioether (sulfide) groups is 1. The molecule has 2 aromatic carbocycles. The molecule has 4 nitrogen and oxygen atoms in total. The molecule has 3 aromatic heterocycles. The first-order valence-corrected chi connectivity index (χ1v) is 14.5. The number of benzene rings is 2. The van der Waals surface area contributed by atoms with E-state index in [-0.39, 0.29) is 12.4 Å². The molecule has 0 saturated carbocycles. The smallest absolute Gasteiger partial charge is 0.341 e. The fourth-order valence-corrected chi connectivity index (χ4v) is 6.87. The van der Waals surface area contributed by atoms with E-state index in [2.05, 4.69) is 40.2 Å². The highest BCUT2D eigenvalue weighted by Crippen LogP contribution is 2.44. The summed E-state index contributed by atoms with van der Waals surface area (Å²) in [5.41, 5.74) is 4.82. The third-order valence-electron chi connectivity index (χ3n) is 5.92. The number of fused-ring (bicyclic) bond motifs is 3. The predicted octanol–water partition coefficient (Wildman–Crippen LogP) is 8.44. The molecule has 0 fully saturated rings. The van der Waals surface area contributed by atoms with Gasteiger partial charge in [-0.1, -0.05) is 58.4 Å². The van der Waals surface area contributed by atoms with Gasteiger partial charge in [0.05, 0.1) is 32.3 Å². The average molecular weight is 591 g/mol. The first kappa shape index (κ1) is 25.5. The second-order valence-electron chi connectivity index (χ2n) is 8.46. The summed E-state index contributed by atoms with van der Waals surface area (Å²) in [4.78, 5) is 27.6. The van der Waals surface area contributed by atoms with Crippen molar-refractivity contribution in [2.45, 2.75) is 18.1 Å². The van der Waals surface area contributed by atoms with Crippen molar-refractivity contribution in [1.82, 2.24) is 4.40 Å². The van der Waals surface area contributed by atoms with E-state index in [0.29, 0.717) is 21.4 Å². The molecule has 3 heterocycles. The maximum absolute atomic E-state index is 13.8. The molecule has 37 heavy (non-hydrogen) atoms. The topological polar surface area (TPSA) is 47.8 Å². The first-order valence-electron chi connectivity index (χ1n) is 11.9. The highest BCUT2D eigenvalue weighted by atomic mass is 79.9. The Morgan fingerprint density at radius 1 is 1.08 bits per heavy atom. The number of esters is 1. The van der Waals surface area contributed by atoms with Crippen molar-refractivity contribution < 1.29 is 14.3 Å². The van der Waals surface area contributed by atoms with Crippen LogP contribution in [0.2, 0.25) is 0 Å². The molecule has 0 aliphatic carbocycles. The number of carbonyl (C=O) groups excluding carboxylic acids is 2. The molecule has 186 valence electrons. The number of rotatable bonds is 8. The van der Waals surface area contributed by atoms with Gasteiger partial charge in [0.2, 0.25) is 5.78 Å². The standard InChI is InChI=1S/C30H24BrNO3S2/c1-3-35-29(34)24-23-18-19(2)15-16-32(23)26-25(24)28(27(33)21-11-13-22(31)14-12-21)37-30(26)36-17-7-10-20-8-5-4-6-9-20/h4-16,18H,3,17H2,1-2H3/b10-7+. The van der Waals surface area contributed by atoms with Crippen LogP contribution in [0.25, 0.3) is 22.5 Å². The van der Waals surface area contributed by atoms with Crippen LogP contribution in [0.4, 0.5) is 0 Å². The predicted molar refractivity (Wildman–Crippen MR) is 157 cm³/mol. The van der Waals surface area contributed by atoms with Crippen LogP contribution in [0, 0.1) is 6.92 Å². The molecule has 7 heteroatoms. The second-order valence-corrected chi connectivity index (χ2v) is 11.7. The van der Waals surface area contributed by atoms with Crippen molar-refractivity contribution in [3.63, 3.8) is 0 Å². The molecular weight excluding hydrogens is 566 g/mol. The van der Waals surface area contributed by atoms with Crippen LogP contribution in [-0.4, -0.2) is 28.5 Å². The van der Waals surface area contributed by atoms with Crippen LogP contribution >= 0.6 is 39.0 Å². The number of ketones is 1. The Labute approximate surface area is 232 Å². The molecule has 0 aliphatic rings. The van der Waals surface area contributed by atoms with Gasteiger partial charge in [-0.15, -0.1) is 23.1 Å². The third-order valence-corrected chi connectivity index (χ3v) is 8.84. The van der Waals surface area contributed by atoms with Gasteiger partial charge >= 0.3 is 5.97 Å². The summed E-state index contributed by atoms with van der Waals surface area (Å²) in [5.74, 6) is 0.209. The van der Waals surface area contributed by atoms with Crippen molar-refractivity contribution in [3.8, 4) is 0 Å². The molecule has 0 amide bonds. The Kier molecular flexibility index (Phi) is 7.65. The SMILES string of the molecule is CCOC(=O)c1c2c(C(=O)c3ccc(Br)cc3)sc(SC/C=C/c3ccccc3)c2n2ccc(C)cc12. The maximum Gasteiger partial charge on any atom is 0.341 e. The number of halogens is 1. The Bertz CT molecular complexity index is 1630. The lowest BCUT2D eigenvalue weighted by Gasteiger charge is -2.05. The number of pyridine rings is 1. The van der Waals surface area contributed by atoms with Gasteiger partial charge in [-0.25, -0.2) is 4.79 Å². The second kappa shape index (κ2) is 11.1. The van der Waals surface area contributed by atoms with Crippen molar-refractivity contribution >= 4 is 73.3 Å². The number of aromatic nitrogens is 1. The number of nitrogens with zero attached hydrogens (tertiary/aromatic N) is 1. The monoisotopic (exact) mass is 589 g/mol. The van der Waals surface area contributed by atoms with E-state index in [4.69, 9.17) is 4.74 Å². The zero-order chi connectivity index (χ0) is 25.9. The van der Waals surface area contributed by atoms with E-state index in [9.17, 15) is 9.59 Å². The van der Waals surface area contributed by atoms with Gasteiger partial charge < -0.3 is 9.14 Å². The van der Waals surface area contributed by atoms with Crippen molar-refractivity contribution in [2.24, 2.45) is 0 Å². The summed E-state index contributed by atoms with van der Waals surface area (Å²) in [6.45, 7) is 4.04. The van der Waals surface area contributed by atoms with Crippen molar-refractivity contribution in [3.05, 3.63) is 111 Å². The Morgan fingerprint density at radius 2 is 1.84 bits per heavy atom. The Hall–Kier alpha value is -3.13. The highest BCUT2D eigenvalue weighted by Gasteiger charge is 2.29. The lowest BCUT2D eigenvalue weighted by molar-refractivity contribution is 0.0531. The number of ether oxygens (including phenoxy) is 1. The fraction of sp³-hybridized carbons (Fsp3) is 0.133. The number of carbonyl (C=O) groups is 2. The van der Waals surface area contributed by atoms with Crippen molar-refractivity contribution in [1.29, 1.82) is 0 Å². The summed E-state index contributed by atoms with van der Waals surface area (Å²) in [5, 5.41) is 0.663. The number of aryl methyl sites for hydroxylation is 1. The third kappa shape index (κ3) is 5.17. The first-order chi connectivity index (χ1) is 18.0. The number of hydrogen-bond donors (Lipinski definition) is 0. The number of hydrogen-bond acceptors (Lipinski definition) is 5. The summed E-state index contributed by atoms with van der Waals surface area (Å²) < 4.78 is 9.38. The van der Waals surface area contributed by atoms with E-state index in [1.165, 1.54) is 11.3 Å². The minimum absolute atomic E-state index is 0.104. The van der Waals surface area contributed by atoms with E-state index < -0.39 is 5.97 Å². The summed E-state index contributed by atoms with van der Waals surface area (Å²) in [7, 11) is 0. The average Bonchev–Trinajstić information content (AvgIpc) is 3.42. The lowest BCUT2D eigenvalue weighted by atomic mass is 10.1. The molecule has 0 saturated heterocycles. The van der Waals surface area contributed by atoms with Gasteiger partial charge in [0.1, 0.15) is 0 Å². The molecule has 0 unspecified atom stereocenters.